The Morgan fingerprint density at radius 1 is 1.00 bits per heavy atom. The largest absolute Gasteiger partial charge is 0.345 e. The smallest absolute Gasteiger partial charge is 0.201 e. The quantitative estimate of drug-likeness (QED) is 0.185. The van der Waals surface area contributed by atoms with Crippen LogP contribution in [-0.2, 0) is 0 Å². The molecule has 33 heavy (non-hydrogen) atoms. The summed E-state index contributed by atoms with van der Waals surface area (Å²) in [5, 5.41) is 0.110. The van der Waals surface area contributed by atoms with Crippen molar-refractivity contribution in [2.45, 2.75) is 25.7 Å². The maximum absolute atomic E-state index is 15.0. The molecule has 2 aromatic heterocycles. The van der Waals surface area contributed by atoms with Crippen molar-refractivity contribution in [2.75, 3.05) is 4.72 Å². The summed E-state index contributed by atoms with van der Waals surface area (Å²) in [5.41, 5.74) is -1.07. The van der Waals surface area contributed by atoms with Crippen LogP contribution in [0.5, 0.6) is 0 Å². The summed E-state index contributed by atoms with van der Waals surface area (Å²) in [6.45, 7) is 5.42. The predicted molar refractivity (Wildman–Crippen MR) is 118 cm³/mol. The minimum Gasteiger partial charge on any atom is -0.345 e. The third kappa shape index (κ3) is 4.70. The van der Waals surface area contributed by atoms with Gasteiger partial charge in [0.05, 0.1) is 27.9 Å². The van der Waals surface area contributed by atoms with Gasteiger partial charge in [-0.05, 0) is 54.8 Å². The molecule has 4 rings (SSSR count). The molecule has 0 radical (unpaired) electrons. The molecular formula is C23H18F5N3OS. The lowest BCUT2D eigenvalue weighted by molar-refractivity contribution is 0.103. The van der Waals surface area contributed by atoms with Crippen LogP contribution in [0, 0.1) is 36.0 Å². The van der Waals surface area contributed by atoms with Crippen molar-refractivity contribution in [1.29, 1.82) is 0 Å². The van der Waals surface area contributed by atoms with Crippen molar-refractivity contribution < 1.29 is 26.7 Å². The number of rotatable bonds is 5. The van der Waals surface area contributed by atoms with Crippen LogP contribution < -0.4 is 4.72 Å². The number of fused-ring (bicyclic) bond motifs is 1. The van der Waals surface area contributed by atoms with E-state index in [9.17, 15) is 22.4 Å². The van der Waals surface area contributed by atoms with Gasteiger partial charge >= 0.3 is 0 Å². The van der Waals surface area contributed by atoms with Gasteiger partial charge in [0.1, 0.15) is 28.9 Å². The van der Waals surface area contributed by atoms with Gasteiger partial charge in [-0.3, -0.25) is 4.79 Å². The number of H-pyrrole nitrogens is 1. The highest BCUT2D eigenvalue weighted by atomic mass is 32.2. The molecule has 0 spiro atoms. The van der Waals surface area contributed by atoms with Crippen molar-refractivity contribution in [2.24, 2.45) is 0 Å². The van der Waals surface area contributed by atoms with E-state index >= 15 is 4.39 Å². The second kappa shape index (κ2) is 10.0. The van der Waals surface area contributed by atoms with E-state index in [0.717, 1.165) is 36.5 Å². The number of halogens is 5. The lowest BCUT2D eigenvalue weighted by Crippen LogP contribution is -2.09. The second-order valence-corrected chi connectivity index (χ2v) is 7.40. The first-order chi connectivity index (χ1) is 15.8. The number of aromatic amines is 1. The highest BCUT2D eigenvalue weighted by Crippen LogP contribution is 2.31. The highest BCUT2D eigenvalue weighted by Gasteiger charge is 2.25. The summed E-state index contributed by atoms with van der Waals surface area (Å²) < 4.78 is 72.9. The fraction of sp³-hybridized carbons (Fsp3) is 0.130. The van der Waals surface area contributed by atoms with E-state index in [0.29, 0.717) is 11.9 Å². The zero-order valence-electron chi connectivity index (χ0n) is 17.7. The summed E-state index contributed by atoms with van der Waals surface area (Å²) in [7, 11) is 0. The molecule has 0 saturated carbocycles. The summed E-state index contributed by atoms with van der Waals surface area (Å²) in [5.74, 6) is -5.51. The summed E-state index contributed by atoms with van der Waals surface area (Å²) in [4.78, 5) is 19.3. The first kappa shape index (κ1) is 24.2. The zero-order chi connectivity index (χ0) is 24.3. The number of benzene rings is 2. The maximum Gasteiger partial charge on any atom is 0.201 e. The van der Waals surface area contributed by atoms with Gasteiger partial charge in [0, 0.05) is 11.6 Å². The molecule has 0 aliphatic carbocycles. The van der Waals surface area contributed by atoms with E-state index < -0.39 is 40.4 Å². The number of aromatic nitrogens is 2. The Bertz CT molecular complexity index is 1340. The number of aryl methyl sites for hydroxylation is 1. The van der Waals surface area contributed by atoms with E-state index in [1.807, 2.05) is 13.8 Å². The van der Waals surface area contributed by atoms with E-state index in [4.69, 9.17) is 0 Å². The Hall–Kier alpha value is -3.40. The molecule has 0 aliphatic heterocycles. The van der Waals surface area contributed by atoms with Crippen LogP contribution in [0.4, 0.5) is 27.6 Å². The number of carbonyl (C=O) groups excluding carboxylic acids is 1. The normalized spacial score (nSPS) is 10.7. The first-order valence-electron chi connectivity index (χ1n) is 9.80. The van der Waals surface area contributed by atoms with E-state index in [1.54, 1.807) is 0 Å². The average molecular weight is 479 g/mol. The van der Waals surface area contributed by atoms with Crippen molar-refractivity contribution in [1.82, 2.24) is 9.97 Å². The molecule has 2 N–H and O–H groups in total. The summed E-state index contributed by atoms with van der Waals surface area (Å²) in [6.07, 6.45) is 2.17. The predicted octanol–water partition coefficient (Wildman–Crippen LogP) is 6.94. The first-order valence-corrected chi connectivity index (χ1v) is 10.6. The summed E-state index contributed by atoms with van der Waals surface area (Å²) >= 11 is 0.555. The Morgan fingerprint density at radius 2 is 1.70 bits per heavy atom. The molecule has 2 aromatic carbocycles. The van der Waals surface area contributed by atoms with Gasteiger partial charge in [0.15, 0.2) is 5.82 Å². The molecule has 2 heterocycles. The van der Waals surface area contributed by atoms with Gasteiger partial charge in [-0.15, -0.1) is 0 Å². The Kier molecular flexibility index (Phi) is 7.37. The maximum atomic E-state index is 15.0. The number of nitrogens with zero attached hydrogens (tertiary/aromatic N) is 1. The molecule has 0 fully saturated rings. The van der Waals surface area contributed by atoms with Gasteiger partial charge in [0.25, 0.3) is 0 Å². The monoisotopic (exact) mass is 479 g/mol. The van der Waals surface area contributed by atoms with Gasteiger partial charge in [-0.25, -0.2) is 26.9 Å². The van der Waals surface area contributed by atoms with Crippen LogP contribution in [0.25, 0.3) is 11.0 Å². The number of nitrogens with one attached hydrogen (secondary N) is 2. The minimum atomic E-state index is -1.23. The van der Waals surface area contributed by atoms with Gasteiger partial charge < -0.3 is 9.71 Å². The van der Waals surface area contributed by atoms with Crippen molar-refractivity contribution in [3.63, 3.8) is 0 Å². The number of hydrogen-bond donors (Lipinski definition) is 2. The minimum absolute atomic E-state index is 0.0989. The Balaban J connectivity index is 0.00000149. The fourth-order valence-electron chi connectivity index (χ4n) is 3.05. The van der Waals surface area contributed by atoms with Gasteiger partial charge in [-0.2, -0.15) is 0 Å². The van der Waals surface area contributed by atoms with Crippen LogP contribution in [0.3, 0.4) is 0 Å². The average Bonchev–Trinajstić information content (AvgIpc) is 3.24. The standard InChI is InChI=1S/C21H12F5N3OS.C2H6/c1-9-14(25)8-28-21-17(9)11(7-27-21)20(30)18-13(24)4-5-15(19(18)26)29-31-16-6-10(22)2-3-12(16)23;1-2/h2-8,29H,1H3,(H,27,28);1-2H3. The molecule has 0 unspecified atom stereocenters. The topological polar surface area (TPSA) is 57.8 Å². The van der Waals surface area contributed by atoms with Crippen LogP contribution in [0.15, 0.2) is 47.6 Å². The third-order valence-corrected chi connectivity index (χ3v) is 5.48. The lowest BCUT2D eigenvalue weighted by atomic mass is 9.99. The molecule has 172 valence electrons. The fourth-order valence-corrected chi connectivity index (χ4v) is 3.76. The third-order valence-electron chi connectivity index (χ3n) is 4.63. The SMILES string of the molecule is CC.Cc1c(F)cnc2[nH]cc(C(=O)c3c(F)ccc(NSc4cc(F)ccc4F)c3F)c12. The van der Waals surface area contributed by atoms with Crippen LogP contribution in [0.2, 0.25) is 0 Å². The second-order valence-electron chi connectivity index (χ2n) is 6.55. The number of hydrogen-bond acceptors (Lipinski definition) is 4. The van der Waals surface area contributed by atoms with Crippen molar-refractivity contribution in [3.8, 4) is 0 Å². The lowest BCUT2D eigenvalue weighted by Gasteiger charge is -2.11. The summed E-state index contributed by atoms with van der Waals surface area (Å²) in [6, 6.07) is 4.61. The molecule has 4 aromatic rings. The van der Waals surface area contributed by atoms with Gasteiger partial charge in [-0.1, -0.05) is 13.8 Å². The molecule has 0 aliphatic rings. The van der Waals surface area contributed by atoms with E-state index in [-0.39, 0.29) is 32.7 Å². The Morgan fingerprint density at radius 3 is 2.42 bits per heavy atom. The molecule has 0 saturated heterocycles. The molecule has 4 nitrogen and oxygen atoms in total. The molecule has 0 atom stereocenters. The molecule has 0 amide bonds. The van der Waals surface area contributed by atoms with Crippen LogP contribution in [0.1, 0.15) is 35.3 Å². The number of carbonyl (C=O) groups is 1. The molecule has 0 bridgehead atoms. The van der Waals surface area contributed by atoms with Crippen LogP contribution >= 0.6 is 11.9 Å². The van der Waals surface area contributed by atoms with Crippen LogP contribution in [-0.4, -0.2) is 15.8 Å². The van der Waals surface area contributed by atoms with Gasteiger partial charge in [0.2, 0.25) is 5.78 Å². The molecule has 10 heteroatoms. The van der Waals surface area contributed by atoms with Crippen molar-refractivity contribution >= 4 is 34.5 Å². The number of anilines is 1. The van der Waals surface area contributed by atoms with Crippen molar-refractivity contribution in [3.05, 3.63) is 88.5 Å². The highest BCUT2D eigenvalue weighted by molar-refractivity contribution is 8.00. The van der Waals surface area contributed by atoms with E-state index in [2.05, 4.69) is 14.7 Å². The molecular weight excluding hydrogens is 461 g/mol. The number of ketones is 1. The Labute approximate surface area is 190 Å². The zero-order valence-corrected chi connectivity index (χ0v) is 18.5. The van der Waals surface area contributed by atoms with E-state index in [1.165, 1.54) is 13.1 Å². The number of pyridine rings is 1.